The molecular formula is C28H32NNaO6S. The quantitative estimate of drug-likeness (QED) is 0.318. The molecule has 1 aromatic heterocycles. The number of aliphatic carboxylic acids is 1. The van der Waals surface area contributed by atoms with Crippen molar-refractivity contribution >= 4 is 27.8 Å². The molecule has 1 N–H and O–H groups in total. The zero-order valence-corrected chi connectivity index (χ0v) is 24.5. The van der Waals surface area contributed by atoms with Crippen LogP contribution in [-0.2, 0) is 34.3 Å². The van der Waals surface area contributed by atoms with Crippen molar-refractivity contribution in [2.75, 3.05) is 10.8 Å². The number of hydrogen-bond donors (Lipinski definition) is 1. The summed E-state index contributed by atoms with van der Waals surface area (Å²) in [6.45, 7) is 6.19. The number of rotatable bonds is 10. The number of hydrogen-bond acceptors (Lipinski definition) is 5. The summed E-state index contributed by atoms with van der Waals surface area (Å²) in [5.74, 6) is 0.114. The van der Waals surface area contributed by atoms with Crippen molar-refractivity contribution in [2.24, 2.45) is 5.92 Å². The van der Waals surface area contributed by atoms with Crippen molar-refractivity contribution in [1.82, 2.24) is 0 Å². The van der Waals surface area contributed by atoms with E-state index in [0.717, 1.165) is 42.0 Å². The first-order valence-electron chi connectivity index (χ1n) is 12.0. The van der Waals surface area contributed by atoms with Gasteiger partial charge in [0.25, 0.3) is 10.0 Å². The first-order chi connectivity index (χ1) is 17.1. The molecule has 0 spiro atoms. The van der Waals surface area contributed by atoms with E-state index in [1.54, 1.807) is 13.0 Å². The van der Waals surface area contributed by atoms with E-state index in [-0.39, 0.29) is 55.1 Å². The maximum Gasteiger partial charge on any atom is 1.00 e. The molecule has 0 amide bonds. The van der Waals surface area contributed by atoms with Gasteiger partial charge in [-0.05, 0) is 84.7 Å². The molecule has 9 heteroatoms. The number of sulfonamides is 1. The van der Waals surface area contributed by atoms with Crippen LogP contribution in [0, 0.1) is 12.8 Å². The van der Waals surface area contributed by atoms with Crippen molar-refractivity contribution in [3.63, 3.8) is 0 Å². The number of furan rings is 1. The van der Waals surface area contributed by atoms with E-state index in [1.807, 2.05) is 50.2 Å². The van der Waals surface area contributed by atoms with E-state index in [2.05, 4.69) is 0 Å². The average Bonchev–Trinajstić information content (AvgIpc) is 3.48. The van der Waals surface area contributed by atoms with Gasteiger partial charge in [0, 0.05) is 12.6 Å². The molecule has 0 unspecified atom stereocenters. The summed E-state index contributed by atoms with van der Waals surface area (Å²) >= 11 is 0. The predicted molar refractivity (Wildman–Crippen MR) is 140 cm³/mol. The van der Waals surface area contributed by atoms with E-state index in [9.17, 15) is 13.2 Å². The number of fused-ring (bicyclic) bond motifs is 1. The van der Waals surface area contributed by atoms with Gasteiger partial charge in [0.1, 0.15) is 18.1 Å². The molecule has 0 radical (unpaired) electrons. The molecule has 0 atom stereocenters. The number of aryl methyl sites for hydroxylation is 3. The van der Waals surface area contributed by atoms with Crippen molar-refractivity contribution in [3.05, 3.63) is 82.6 Å². The van der Waals surface area contributed by atoms with Gasteiger partial charge >= 0.3 is 35.5 Å². The van der Waals surface area contributed by atoms with Crippen molar-refractivity contribution in [2.45, 2.75) is 51.7 Å². The smallest absolute Gasteiger partial charge is 1.00 e. The van der Waals surface area contributed by atoms with Crippen molar-refractivity contribution in [1.29, 1.82) is 0 Å². The zero-order valence-electron chi connectivity index (χ0n) is 22.7. The van der Waals surface area contributed by atoms with Crippen molar-refractivity contribution < 1.29 is 58.5 Å². The van der Waals surface area contributed by atoms with Gasteiger partial charge in [-0.15, -0.1) is 0 Å². The first-order valence-corrected chi connectivity index (χ1v) is 13.4. The van der Waals surface area contributed by atoms with E-state index in [4.69, 9.17) is 14.3 Å². The molecule has 2 aromatic carbocycles. The van der Waals surface area contributed by atoms with E-state index in [0.29, 0.717) is 17.2 Å². The fraction of sp³-hybridized carbons (Fsp3) is 0.321. The average molecular weight is 534 g/mol. The molecule has 1 aliphatic carbocycles. The largest absolute Gasteiger partial charge is 1.00 e. The molecule has 192 valence electrons. The Bertz CT molecular complexity index is 1380. The summed E-state index contributed by atoms with van der Waals surface area (Å²) in [7, 11) is -3.94. The van der Waals surface area contributed by atoms with Crippen LogP contribution in [0.5, 0.6) is 5.75 Å². The predicted octanol–water partition coefficient (Wildman–Crippen LogP) is 2.72. The summed E-state index contributed by atoms with van der Waals surface area (Å²) in [5.41, 5.74) is 4.49. The molecule has 7 nitrogen and oxygen atoms in total. The van der Waals surface area contributed by atoms with Crippen LogP contribution in [0.4, 0.5) is 5.69 Å². The van der Waals surface area contributed by atoms with E-state index in [1.165, 1.54) is 22.0 Å². The molecule has 4 rings (SSSR count). The molecule has 1 heterocycles. The number of benzene rings is 2. The minimum absolute atomic E-state index is 0. The fourth-order valence-corrected chi connectivity index (χ4v) is 5.86. The van der Waals surface area contributed by atoms with Crippen LogP contribution < -0.4 is 38.6 Å². The molecule has 0 fully saturated rings. The Kier molecular flexibility index (Phi) is 9.69. The standard InChI is InChI=1S/C28H31NO6S.Na.H/c1-19(2)17-29(36(32,33)28-14-7-20(3)35-28)25-15-23-5-4-6-24(23)16-26(25)34-18-22-10-8-21(9-11-22)12-13-27(30)31;;/h7-16,19H,4-6,17-18H2,1-3H3,(H,30,31);;/q;+1;-1/b13-12+;;. The second-order valence-electron chi connectivity index (χ2n) is 9.44. The maximum absolute atomic E-state index is 13.7. The molecule has 0 saturated carbocycles. The summed E-state index contributed by atoms with van der Waals surface area (Å²) < 4.78 is 40.5. The minimum Gasteiger partial charge on any atom is -1.00 e. The number of anilines is 1. The molecule has 0 bridgehead atoms. The third-order valence-electron chi connectivity index (χ3n) is 6.03. The summed E-state index contributed by atoms with van der Waals surface area (Å²) in [6, 6.07) is 14.4. The zero-order chi connectivity index (χ0) is 25.9. The maximum atomic E-state index is 13.7. The second kappa shape index (κ2) is 12.3. The Morgan fingerprint density at radius 1 is 1.14 bits per heavy atom. The van der Waals surface area contributed by atoms with Gasteiger partial charge in [-0.25, -0.2) is 4.79 Å². The van der Waals surface area contributed by atoms with Crippen molar-refractivity contribution in [3.8, 4) is 5.75 Å². The number of ether oxygens (including phenoxy) is 1. The topological polar surface area (TPSA) is 97.0 Å². The molecule has 0 saturated heterocycles. The summed E-state index contributed by atoms with van der Waals surface area (Å²) in [6.07, 6.45) is 5.48. The van der Waals surface area contributed by atoms with Gasteiger partial charge in [0.05, 0.1) is 5.69 Å². The molecule has 3 aromatic rings. The van der Waals surface area contributed by atoms with Gasteiger partial charge < -0.3 is 15.7 Å². The monoisotopic (exact) mass is 533 g/mol. The molecule has 1 aliphatic rings. The van der Waals surface area contributed by atoms with Gasteiger partial charge in [-0.1, -0.05) is 38.1 Å². The third-order valence-corrected chi connectivity index (χ3v) is 7.68. The first kappa shape index (κ1) is 29.0. The molecule has 37 heavy (non-hydrogen) atoms. The Labute approximate surface area is 242 Å². The second-order valence-corrected chi connectivity index (χ2v) is 11.2. The number of nitrogens with zero attached hydrogens (tertiary/aromatic N) is 1. The Morgan fingerprint density at radius 3 is 2.41 bits per heavy atom. The van der Waals surface area contributed by atoms with Crippen LogP contribution in [-0.4, -0.2) is 26.0 Å². The Hall–Kier alpha value is -2.52. The van der Waals surface area contributed by atoms with Crippen LogP contribution in [0.2, 0.25) is 0 Å². The van der Waals surface area contributed by atoms with Gasteiger partial charge in [0.15, 0.2) is 0 Å². The normalized spacial score (nSPS) is 13.0. The minimum atomic E-state index is -3.94. The van der Waals surface area contributed by atoms with Crippen LogP contribution in [0.15, 0.2) is 64.1 Å². The van der Waals surface area contributed by atoms with Gasteiger partial charge in [-0.3, -0.25) is 4.31 Å². The van der Waals surface area contributed by atoms with E-state index >= 15 is 0 Å². The van der Waals surface area contributed by atoms with Gasteiger partial charge in [0.2, 0.25) is 5.09 Å². The number of carboxylic acid groups (broad SMARTS) is 1. The SMILES string of the molecule is Cc1ccc(S(=O)(=O)N(CC(C)C)c2cc3c(cc2OCc2ccc(/C=C/C(=O)O)cc2)CCC3)o1.[H-].[Na+]. The number of carbonyl (C=O) groups is 1. The number of carboxylic acids is 1. The Morgan fingerprint density at radius 2 is 1.81 bits per heavy atom. The molecule has 0 aliphatic heterocycles. The third kappa shape index (κ3) is 7.08. The van der Waals surface area contributed by atoms with E-state index < -0.39 is 16.0 Å². The van der Waals surface area contributed by atoms with Crippen LogP contribution >= 0.6 is 0 Å². The Balaban J connectivity index is 0.00000253. The molecular weight excluding hydrogens is 501 g/mol. The van der Waals surface area contributed by atoms with Crippen LogP contribution in [0.3, 0.4) is 0 Å². The summed E-state index contributed by atoms with van der Waals surface area (Å²) in [5, 5.41) is 8.72. The van der Waals surface area contributed by atoms with Gasteiger partial charge in [-0.2, -0.15) is 8.42 Å². The summed E-state index contributed by atoms with van der Waals surface area (Å²) in [4.78, 5) is 10.7. The fourth-order valence-electron chi connectivity index (χ4n) is 4.27. The van der Waals surface area contributed by atoms with Crippen LogP contribution in [0.25, 0.3) is 6.08 Å². The van der Waals surface area contributed by atoms with Crippen LogP contribution in [0.1, 0.15) is 49.7 Å².